The fourth-order valence-corrected chi connectivity index (χ4v) is 4.24. The van der Waals surface area contributed by atoms with Crippen LogP contribution in [-0.4, -0.2) is 52.6 Å². The number of hydrogen-bond acceptors (Lipinski definition) is 6. The maximum atomic E-state index is 12.6. The minimum absolute atomic E-state index is 0.00638. The van der Waals surface area contributed by atoms with Crippen LogP contribution in [0.1, 0.15) is 47.0 Å². The highest BCUT2D eigenvalue weighted by Gasteiger charge is 2.53. The number of esters is 1. The Bertz CT molecular complexity index is 581. The maximum absolute atomic E-state index is 12.6. The summed E-state index contributed by atoms with van der Waals surface area (Å²) in [5.74, 6) is -0.293. The Morgan fingerprint density at radius 1 is 1.37 bits per heavy atom. The monoisotopic (exact) mass is 382 g/mol. The second-order valence-corrected chi connectivity index (χ2v) is 7.73. The molecule has 154 valence electrons. The number of carbonyl (C=O) groups is 1. The van der Waals surface area contributed by atoms with Gasteiger partial charge in [-0.3, -0.25) is 0 Å². The zero-order chi connectivity index (χ0) is 20.0. The van der Waals surface area contributed by atoms with Gasteiger partial charge in [0.15, 0.2) is 12.4 Å². The number of ether oxygens (including phenoxy) is 5. The van der Waals surface area contributed by atoms with Gasteiger partial charge in [0, 0.05) is 20.1 Å². The zero-order valence-electron chi connectivity index (χ0n) is 17.5. The predicted molar refractivity (Wildman–Crippen MR) is 102 cm³/mol. The minimum Gasteiger partial charge on any atom is -0.464 e. The van der Waals surface area contributed by atoms with E-state index in [1.54, 1.807) is 14.2 Å². The van der Waals surface area contributed by atoms with E-state index in [2.05, 4.69) is 19.9 Å². The number of methoxy groups -OCH3 is 2. The molecular formula is C21H34O6. The lowest BCUT2D eigenvalue weighted by atomic mass is 9.71. The molecule has 6 nitrogen and oxygen atoms in total. The van der Waals surface area contributed by atoms with E-state index in [0.29, 0.717) is 13.2 Å². The average Bonchev–Trinajstić information content (AvgIpc) is 2.99. The lowest BCUT2D eigenvalue weighted by molar-refractivity contribution is -0.194. The van der Waals surface area contributed by atoms with Crippen molar-refractivity contribution >= 4 is 5.97 Å². The van der Waals surface area contributed by atoms with Gasteiger partial charge in [-0.15, -0.1) is 0 Å². The largest absolute Gasteiger partial charge is 0.464 e. The van der Waals surface area contributed by atoms with E-state index in [9.17, 15) is 4.79 Å². The SMILES string of the molecule is CCOC(=O)C1OC(OC)C(C)=C2CC[C@@](C)(C/C=C(/C)COCOC)C21. The predicted octanol–water partition coefficient (Wildman–Crippen LogP) is 3.61. The van der Waals surface area contributed by atoms with Gasteiger partial charge in [0.25, 0.3) is 0 Å². The summed E-state index contributed by atoms with van der Waals surface area (Å²) >= 11 is 0. The molecule has 1 aliphatic carbocycles. The summed E-state index contributed by atoms with van der Waals surface area (Å²) in [5, 5.41) is 0. The van der Waals surface area contributed by atoms with Crippen LogP contribution < -0.4 is 0 Å². The van der Waals surface area contributed by atoms with Crippen LogP contribution in [0.3, 0.4) is 0 Å². The Balaban J connectivity index is 2.23. The van der Waals surface area contributed by atoms with Gasteiger partial charge in [-0.25, -0.2) is 4.79 Å². The molecule has 0 spiro atoms. The van der Waals surface area contributed by atoms with Crippen molar-refractivity contribution in [2.75, 3.05) is 34.2 Å². The molecule has 0 saturated heterocycles. The highest BCUT2D eigenvalue weighted by Crippen LogP contribution is 2.55. The van der Waals surface area contributed by atoms with Crippen LogP contribution in [0.25, 0.3) is 0 Å². The van der Waals surface area contributed by atoms with Crippen molar-refractivity contribution in [3.63, 3.8) is 0 Å². The van der Waals surface area contributed by atoms with E-state index < -0.39 is 12.4 Å². The van der Waals surface area contributed by atoms with Crippen molar-refractivity contribution in [3.8, 4) is 0 Å². The molecule has 6 heteroatoms. The molecule has 0 aromatic carbocycles. The minimum atomic E-state index is -0.625. The van der Waals surface area contributed by atoms with Crippen LogP contribution >= 0.6 is 0 Å². The molecule has 1 saturated carbocycles. The van der Waals surface area contributed by atoms with Crippen molar-refractivity contribution in [3.05, 3.63) is 22.8 Å². The van der Waals surface area contributed by atoms with Crippen LogP contribution in [0.4, 0.5) is 0 Å². The molecule has 1 fully saturated rings. The van der Waals surface area contributed by atoms with Gasteiger partial charge in [-0.2, -0.15) is 0 Å². The topological polar surface area (TPSA) is 63.2 Å². The van der Waals surface area contributed by atoms with Crippen LogP contribution in [0.5, 0.6) is 0 Å². The Kier molecular flexibility index (Phi) is 8.04. The number of allylic oxidation sites excluding steroid dienone is 1. The molecule has 0 amide bonds. The first-order valence-electron chi connectivity index (χ1n) is 9.64. The van der Waals surface area contributed by atoms with Gasteiger partial charge in [-0.1, -0.05) is 24.1 Å². The molecule has 3 unspecified atom stereocenters. The van der Waals surface area contributed by atoms with Crippen molar-refractivity contribution < 1.29 is 28.5 Å². The Hall–Kier alpha value is -1.21. The molecule has 1 heterocycles. The van der Waals surface area contributed by atoms with Crippen molar-refractivity contribution in [2.24, 2.45) is 11.3 Å². The third kappa shape index (κ3) is 4.99. The van der Waals surface area contributed by atoms with Gasteiger partial charge in [-0.05, 0) is 51.0 Å². The molecule has 4 atom stereocenters. The number of hydrogen-bond donors (Lipinski definition) is 0. The van der Waals surface area contributed by atoms with E-state index in [1.807, 2.05) is 13.8 Å². The molecule has 0 radical (unpaired) electrons. The van der Waals surface area contributed by atoms with Crippen LogP contribution in [0.15, 0.2) is 22.8 Å². The standard InChI is InChI=1S/C21H34O6/c1-7-26-19(22)18-17-16(15(3)20(24-6)27-18)9-11-21(17,4)10-8-14(2)12-25-13-23-5/h8,17-18,20H,7,9-13H2,1-6H3/b14-8-/t17?,18?,20?,21-/m1/s1. The second-order valence-electron chi connectivity index (χ2n) is 7.73. The first-order chi connectivity index (χ1) is 12.9. The van der Waals surface area contributed by atoms with Crippen LogP contribution in [0, 0.1) is 11.3 Å². The summed E-state index contributed by atoms with van der Waals surface area (Å²) in [5.41, 5.74) is 3.46. The third-order valence-corrected chi connectivity index (χ3v) is 5.71. The van der Waals surface area contributed by atoms with Gasteiger partial charge >= 0.3 is 5.97 Å². The molecule has 1 aliphatic heterocycles. The highest BCUT2D eigenvalue weighted by molar-refractivity contribution is 5.76. The quantitative estimate of drug-likeness (QED) is 0.263. The number of fused-ring (bicyclic) bond motifs is 1. The lowest BCUT2D eigenvalue weighted by Crippen LogP contribution is -2.47. The van der Waals surface area contributed by atoms with Gasteiger partial charge in [0.2, 0.25) is 0 Å². The van der Waals surface area contributed by atoms with Crippen LogP contribution in [0.2, 0.25) is 0 Å². The smallest absolute Gasteiger partial charge is 0.336 e. The Labute approximate surface area is 162 Å². The molecule has 0 aromatic rings. The Morgan fingerprint density at radius 2 is 2.11 bits per heavy atom. The van der Waals surface area contributed by atoms with E-state index in [1.165, 1.54) is 5.57 Å². The van der Waals surface area contributed by atoms with E-state index >= 15 is 0 Å². The average molecular weight is 382 g/mol. The lowest BCUT2D eigenvalue weighted by Gasteiger charge is -2.41. The first kappa shape index (κ1) is 22.1. The summed E-state index contributed by atoms with van der Waals surface area (Å²) in [4.78, 5) is 12.6. The summed E-state index contributed by atoms with van der Waals surface area (Å²) in [7, 11) is 3.22. The third-order valence-electron chi connectivity index (χ3n) is 5.71. The summed E-state index contributed by atoms with van der Waals surface area (Å²) in [6.07, 6.45) is 3.92. The van der Waals surface area contributed by atoms with E-state index in [0.717, 1.165) is 30.4 Å². The Morgan fingerprint density at radius 3 is 2.74 bits per heavy atom. The zero-order valence-corrected chi connectivity index (χ0v) is 17.5. The van der Waals surface area contributed by atoms with E-state index in [-0.39, 0.29) is 24.1 Å². The molecule has 0 N–H and O–H groups in total. The first-order valence-corrected chi connectivity index (χ1v) is 9.64. The fraction of sp³-hybridized carbons (Fsp3) is 0.762. The van der Waals surface area contributed by atoms with Crippen LogP contribution in [-0.2, 0) is 28.5 Å². The van der Waals surface area contributed by atoms with Gasteiger partial charge in [0.05, 0.1) is 13.2 Å². The van der Waals surface area contributed by atoms with Gasteiger partial charge < -0.3 is 23.7 Å². The van der Waals surface area contributed by atoms with Crippen molar-refractivity contribution in [1.82, 2.24) is 0 Å². The van der Waals surface area contributed by atoms with Gasteiger partial charge in [0.1, 0.15) is 6.79 Å². The normalized spacial score (nSPS) is 31.2. The maximum Gasteiger partial charge on any atom is 0.336 e. The molecule has 0 aromatic heterocycles. The second kappa shape index (κ2) is 9.82. The van der Waals surface area contributed by atoms with Crippen molar-refractivity contribution in [2.45, 2.75) is 59.4 Å². The van der Waals surface area contributed by atoms with E-state index in [4.69, 9.17) is 23.7 Å². The highest BCUT2D eigenvalue weighted by atomic mass is 16.7. The summed E-state index contributed by atoms with van der Waals surface area (Å²) in [6.45, 7) is 9.32. The fourth-order valence-electron chi connectivity index (χ4n) is 4.24. The summed E-state index contributed by atoms with van der Waals surface area (Å²) in [6, 6.07) is 0. The number of rotatable bonds is 9. The van der Waals surface area contributed by atoms with Crippen molar-refractivity contribution in [1.29, 1.82) is 0 Å². The molecule has 27 heavy (non-hydrogen) atoms. The summed E-state index contributed by atoms with van der Waals surface area (Å²) < 4.78 is 27.2. The molecular weight excluding hydrogens is 348 g/mol. The molecule has 0 bridgehead atoms. The molecule has 2 rings (SSSR count). The molecule has 2 aliphatic rings. The number of carbonyl (C=O) groups excluding carboxylic acids is 1.